The molecule has 0 unspecified atom stereocenters. The quantitative estimate of drug-likeness (QED) is 0.652. The van der Waals surface area contributed by atoms with Crippen LogP contribution in [0.2, 0.25) is 0 Å². The monoisotopic (exact) mass is 412 g/mol. The van der Waals surface area contributed by atoms with E-state index in [-0.39, 0.29) is 12.5 Å². The lowest BCUT2D eigenvalue weighted by molar-refractivity contribution is -0.134. The maximum Gasteiger partial charge on any atom is 0.340 e. The summed E-state index contributed by atoms with van der Waals surface area (Å²) in [5.74, 6) is 0.743. The predicted molar refractivity (Wildman–Crippen MR) is 111 cm³/mol. The molecule has 1 aromatic heterocycles. The van der Waals surface area contributed by atoms with Gasteiger partial charge in [-0.05, 0) is 57.4 Å². The molecular formula is C23H28N2O5. The van der Waals surface area contributed by atoms with Gasteiger partial charge in [0.2, 0.25) is 0 Å². The van der Waals surface area contributed by atoms with Crippen molar-refractivity contribution in [2.45, 2.75) is 46.2 Å². The lowest BCUT2D eigenvalue weighted by Gasteiger charge is -2.23. The van der Waals surface area contributed by atoms with Crippen LogP contribution in [-0.4, -0.2) is 47.7 Å². The second-order valence-corrected chi connectivity index (χ2v) is 7.85. The SMILES string of the molecule is CCN(Cc1ccc2c(c1)OCCO2)C(=O)COC(=O)c1cc(C)n(C2CC2)c1C. The van der Waals surface area contributed by atoms with Crippen LogP contribution in [0, 0.1) is 13.8 Å². The molecule has 0 spiro atoms. The summed E-state index contributed by atoms with van der Waals surface area (Å²) in [5.41, 5.74) is 3.45. The highest BCUT2D eigenvalue weighted by Crippen LogP contribution is 2.38. The first-order valence-electron chi connectivity index (χ1n) is 10.5. The van der Waals surface area contributed by atoms with Gasteiger partial charge in [0.05, 0.1) is 5.56 Å². The third-order valence-corrected chi connectivity index (χ3v) is 5.66. The van der Waals surface area contributed by atoms with E-state index in [4.69, 9.17) is 14.2 Å². The molecule has 0 bridgehead atoms. The van der Waals surface area contributed by atoms with Crippen LogP contribution in [0.3, 0.4) is 0 Å². The molecule has 4 rings (SSSR count). The standard InChI is InChI=1S/C23H28N2O5/c1-4-24(13-17-5-8-20-21(12-17)29-10-9-28-20)22(26)14-30-23(27)19-11-15(2)25(16(19)3)18-6-7-18/h5,8,11-12,18H,4,6-7,9-10,13-14H2,1-3H3. The first-order valence-corrected chi connectivity index (χ1v) is 10.5. The van der Waals surface area contributed by atoms with Crippen molar-refractivity contribution in [3.05, 3.63) is 46.8 Å². The molecular weight excluding hydrogens is 384 g/mol. The summed E-state index contributed by atoms with van der Waals surface area (Å²) in [5, 5.41) is 0. The van der Waals surface area contributed by atoms with Crippen molar-refractivity contribution < 1.29 is 23.8 Å². The van der Waals surface area contributed by atoms with Gasteiger partial charge in [-0.15, -0.1) is 0 Å². The number of ether oxygens (including phenoxy) is 3. The van der Waals surface area contributed by atoms with Gasteiger partial charge in [0, 0.05) is 30.5 Å². The summed E-state index contributed by atoms with van der Waals surface area (Å²) in [6.07, 6.45) is 2.29. The summed E-state index contributed by atoms with van der Waals surface area (Å²) in [6.45, 7) is 7.56. The molecule has 1 aliphatic heterocycles. The van der Waals surface area contributed by atoms with Crippen molar-refractivity contribution in [2.24, 2.45) is 0 Å². The zero-order valence-corrected chi connectivity index (χ0v) is 17.8. The third-order valence-electron chi connectivity index (χ3n) is 5.66. The number of likely N-dealkylation sites (N-methyl/N-ethyl adjacent to an activating group) is 1. The Labute approximate surface area is 176 Å². The molecule has 1 amide bonds. The number of fused-ring (bicyclic) bond motifs is 1. The summed E-state index contributed by atoms with van der Waals surface area (Å²) >= 11 is 0. The van der Waals surface area contributed by atoms with E-state index in [9.17, 15) is 9.59 Å². The fourth-order valence-corrected chi connectivity index (χ4v) is 3.96. The molecule has 2 aliphatic rings. The molecule has 1 fully saturated rings. The van der Waals surface area contributed by atoms with Gasteiger partial charge < -0.3 is 23.7 Å². The topological polar surface area (TPSA) is 70.0 Å². The molecule has 2 aromatic rings. The van der Waals surface area contributed by atoms with Gasteiger partial charge in [0.25, 0.3) is 5.91 Å². The average molecular weight is 412 g/mol. The second kappa shape index (κ2) is 8.42. The van der Waals surface area contributed by atoms with E-state index in [1.807, 2.05) is 45.0 Å². The summed E-state index contributed by atoms with van der Waals surface area (Å²) in [6, 6.07) is 8.02. The number of carbonyl (C=O) groups excluding carboxylic acids is 2. The number of hydrogen-bond donors (Lipinski definition) is 0. The Morgan fingerprint density at radius 2 is 1.87 bits per heavy atom. The van der Waals surface area contributed by atoms with Crippen molar-refractivity contribution in [3.8, 4) is 11.5 Å². The fourth-order valence-electron chi connectivity index (χ4n) is 3.96. The molecule has 0 saturated heterocycles. The second-order valence-electron chi connectivity index (χ2n) is 7.85. The zero-order valence-electron chi connectivity index (χ0n) is 17.8. The van der Waals surface area contributed by atoms with Crippen LogP contribution >= 0.6 is 0 Å². The lowest BCUT2D eigenvalue weighted by atomic mass is 10.1. The van der Waals surface area contributed by atoms with Crippen LogP contribution in [0.4, 0.5) is 0 Å². The Morgan fingerprint density at radius 3 is 2.57 bits per heavy atom. The first-order chi connectivity index (χ1) is 14.5. The van der Waals surface area contributed by atoms with Crippen LogP contribution < -0.4 is 9.47 Å². The normalized spacial score (nSPS) is 15.0. The molecule has 0 atom stereocenters. The number of esters is 1. The summed E-state index contributed by atoms with van der Waals surface area (Å²) < 4.78 is 18.7. The first kappa shape index (κ1) is 20.3. The molecule has 2 heterocycles. The highest BCUT2D eigenvalue weighted by Gasteiger charge is 2.29. The predicted octanol–water partition coefficient (Wildman–Crippen LogP) is 3.42. The van der Waals surface area contributed by atoms with Crippen LogP contribution in [0.5, 0.6) is 11.5 Å². The Kier molecular flexibility index (Phi) is 5.70. The van der Waals surface area contributed by atoms with E-state index in [2.05, 4.69) is 4.57 Å². The highest BCUT2D eigenvalue weighted by molar-refractivity contribution is 5.92. The lowest BCUT2D eigenvalue weighted by Crippen LogP contribution is -2.34. The van der Waals surface area contributed by atoms with Crippen molar-refractivity contribution in [1.82, 2.24) is 9.47 Å². The van der Waals surface area contributed by atoms with Gasteiger partial charge in [0.15, 0.2) is 18.1 Å². The van der Waals surface area contributed by atoms with Crippen molar-refractivity contribution in [3.63, 3.8) is 0 Å². The van der Waals surface area contributed by atoms with Crippen molar-refractivity contribution >= 4 is 11.9 Å². The number of carbonyl (C=O) groups is 2. The van der Waals surface area contributed by atoms with Crippen LogP contribution in [0.1, 0.15) is 53.1 Å². The minimum Gasteiger partial charge on any atom is -0.486 e. The molecule has 1 aliphatic carbocycles. The average Bonchev–Trinajstić information content (AvgIpc) is 3.54. The van der Waals surface area contributed by atoms with Crippen LogP contribution in [-0.2, 0) is 16.1 Å². The molecule has 30 heavy (non-hydrogen) atoms. The number of benzene rings is 1. The van der Waals surface area contributed by atoms with Gasteiger partial charge in [-0.2, -0.15) is 0 Å². The minimum absolute atomic E-state index is 0.225. The van der Waals surface area contributed by atoms with Gasteiger partial charge in [-0.25, -0.2) is 4.79 Å². The van der Waals surface area contributed by atoms with Gasteiger partial charge in [-0.1, -0.05) is 6.07 Å². The Morgan fingerprint density at radius 1 is 1.13 bits per heavy atom. The number of amides is 1. The molecule has 0 radical (unpaired) electrons. The summed E-state index contributed by atoms with van der Waals surface area (Å²) in [7, 11) is 0. The van der Waals surface area contributed by atoms with E-state index >= 15 is 0 Å². The molecule has 0 N–H and O–H groups in total. The maximum atomic E-state index is 12.7. The molecule has 1 saturated carbocycles. The number of rotatable bonds is 7. The number of nitrogens with zero attached hydrogens (tertiary/aromatic N) is 2. The Bertz CT molecular complexity index is 961. The largest absolute Gasteiger partial charge is 0.486 e. The molecule has 160 valence electrons. The van der Waals surface area contributed by atoms with E-state index in [1.165, 1.54) is 0 Å². The fraction of sp³-hybridized carbons (Fsp3) is 0.478. The summed E-state index contributed by atoms with van der Waals surface area (Å²) in [4.78, 5) is 26.9. The zero-order chi connectivity index (χ0) is 21.3. The number of aryl methyl sites for hydroxylation is 1. The van der Waals surface area contributed by atoms with E-state index in [0.717, 1.165) is 35.5 Å². The highest BCUT2D eigenvalue weighted by atomic mass is 16.6. The minimum atomic E-state index is -0.446. The van der Waals surface area contributed by atoms with Crippen LogP contribution in [0.25, 0.3) is 0 Å². The maximum absolute atomic E-state index is 12.7. The molecule has 7 nitrogen and oxygen atoms in total. The van der Waals surface area contributed by atoms with E-state index in [1.54, 1.807) is 4.90 Å². The number of hydrogen-bond acceptors (Lipinski definition) is 5. The van der Waals surface area contributed by atoms with Gasteiger partial charge in [-0.3, -0.25) is 4.79 Å². The van der Waals surface area contributed by atoms with Crippen LogP contribution in [0.15, 0.2) is 24.3 Å². The van der Waals surface area contributed by atoms with Gasteiger partial charge in [0.1, 0.15) is 13.2 Å². The third kappa shape index (κ3) is 4.15. The van der Waals surface area contributed by atoms with Gasteiger partial charge >= 0.3 is 5.97 Å². The Balaban J connectivity index is 1.36. The van der Waals surface area contributed by atoms with E-state index < -0.39 is 5.97 Å². The smallest absolute Gasteiger partial charge is 0.340 e. The molecule has 1 aromatic carbocycles. The molecule has 7 heteroatoms. The number of aromatic nitrogens is 1. The van der Waals surface area contributed by atoms with Crippen molar-refractivity contribution in [2.75, 3.05) is 26.4 Å². The Hall–Kier alpha value is -2.96. The van der Waals surface area contributed by atoms with Crippen molar-refractivity contribution in [1.29, 1.82) is 0 Å². The van der Waals surface area contributed by atoms with E-state index in [0.29, 0.717) is 43.7 Å².